The summed E-state index contributed by atoms with van der Waals surface area (Å²) < 4.78 is 7.57. The number of aliphatic imine (C=N–C) groups is 1. The molecule has 3 heterocycles. The van der Waals surface area contributed by atoms with Gasteiger partial charge < -0.3 is 20.3 Å². The van der Waals surface area contributed by atoms with Crippen molar-refractivity contribution in [1.29, 1.82) is 0 Å². The number of hydrogen-bond donors (Lipinski definition) is 2. The largest absolute Gasteiger partial charge is 0.376 e. The number of hydrogen-bond acceptors (Lipinski definition) is 5. The fourth-order valence-corrected chi connectivity index (χ4v) is 3.01. The monoisotopic (exact) mass is 477 g/mol. The first-order valence-corrected chi connectivity index (χ1v) is 8.85. The van der Waals surface area contributed by atoms with E-state index in [-0.39, 0.29) is 48.6 Å². The molecule has 1 aromatic heterocycles. The maximum atomic E-state index is 11.8. The molecular weight excluding hydrogens is 449 g/mol. The quantitative estimate of drug-likeness (QED) is 0.353. The lowest BCUT2D eigenvalue weighted by Crippen LogP contribution is -2.49. The average molecular weight is 477 g/mol. The zero-order valence-electron chi connectivity index (χ0n) is 15.3. The average Bonchev–Trinajstić information content (AvgIpc) is 3.27. The van der Waals surface area contributed by atoms with E-state index in [9.17, 15) is 4.79 Å². The number of carbonyl (C=O) groups excluding carboxylic acids is 1. The van der Waals surface area contributed by atoms with E-state index in [1.54, 1.807) is 25.3 Å². The Balaban J connectivity index is 0.00000243. The Kier molecular flexibility index (Phi) is 8.07. The second-order valence-electron chi connectivity index (χ2n) is 6.71. The number of guanidine groups is 1. The van der Waals surface area contributed by atoms with Crippen LogP contribution in [-0.2, 0) is 22.5 Å². The van der Waals surface area contributed by atoms with Gasteiger partial charge in [0.15, 0.2) is 5.96 Å². The lowest BCUT2D eigenvalue weighted by atomic mass is 10.1. The van der Waals surface area contributed by atoms with Gasteiger partial charge in [-0.1, -0.05) is 0 Å². The highest BCUT2D eigenvalue weighted by atomic mass is 127. The number of likely N-dealkylation sites (N-methyl/N-ethyl adjacent to an activating group) is 1. The third kappa shape index (κ3) is 5.79. The molecule has 2 aliphatic heterocycles. The number of carbonyl (C=O) groups is 1. The molecule has 0 saturated carbocycles. The first kappa shape index (κ1) is 20.9. The Morgan fingerprint density at radius 2 is 2.31 bits per heavy atom. The molecule has 26 heavy (non-hydrogen) atoms. The molecule has 0 aromatic carbocycles. The summed E-state index contributed by atoms with van der Waals surface area (Å²) in [5, 5.41) is 11.0. The summed E-state index contributed by atoms with van der Waals surface area (Å²) in [4.78, 5) is 22.1. The van der Waals surface area contributed by atoms with Crippen molar-refractivity contribution in [3.8, 4) is 0 Å². The molecule has 2 aliphatic rings. The Labute approximate surface area is 171 Å². The summed E-state index contributed by atoms with van der Waals surface area (Å²) in [6, 6.07) is 0.208. The first-order chi connectivity index (χ1) is 12.1. The number of nitrogens with zero attached hydrogens (tertiary/aromatic N) is 5. The Morgan fingerprint density at radius 3 is 3.04 bits per heavy atom. The van der Waals surface area contributed by atoms with Crippen LogP contribution in [0.3, 0.4) is 0 Å². The SMILES string of the molecule is CN(C)C(=O)CN=C(NCC1CCCO1)NC1CCc2ncnn2C1.I. The Morgan fingerprint density at radius 1 is 1.46 bits per heavy atom. The maximum absolute atomic E-state index is 11.8. The van der Waals surface area contributed by atoms with Gasteiger partial charge in [0.05, 0.1) is 12.6 Å². The van der Waals surface area contributed by atoms with Crippen molar-refractivity contribution >= 4 is 35.8 Å². The van der Waals surface area contributed by atoms with Crippen LogP contribution in [-0.4, -0.2) is 77.5 Å². The van der Waals surface area contributed by atoms with E-state index in [1.165, 1.54) is 0 Å². The summed E-state index contributed by atoms with van der Waals surface area (Å²) in [7, 11) is 3.47. The molecule has 2 unspecified atom stereocenters. The third-order valence-electron chi connectivity index (χ3n) is 4.54. The van der Waals surface area contributed by atoms with Crippen molar-refractivity contribution in [2.75, 3.05) is 33.8 Å². The lowest BCUT2D eigenvalue weighted by Gasteiger charge is -2.26. The maximum Gasteiger partial charge on any atom is 0.243 e. The fraction of sp³-hybridized carbons (Fsp3) is 0.750. The number of aryl methyl sites for hydroxylation is 1. The van der Waals surface area contributed by atoms with Crippen molar-refractivity contribution < 1.29 is 9.53 Å². The number of amides is 1. The molecular formula is C16H28IN7O2. The zero-order valence-corrected chi connectivity index (χ0v) is 17.7. The molecule has 9 nitrogen and oxygen atoms in total. The predicted molar refractivity (Wildman–Crippen MR) is 109 cm³/mol. The van der Waals surface area contributed by atoms with Crippen LogP contribution >= 0.6 is 24.0 Å². The molecule has 1 saturated heterocycles. The van der Waals surface area contributed by atoms with E-state index >= 15 is 0 Å². The van der Waals surface area contributed by atoms with E-state index in [0.29, 0.717) is 12.5 Å². The molecule has 0 radical (unpaired) electrons. The number of ether oxygens (including phenoxy) is 1. The normalized spacial score (nSPS) is 22.3. The van der Waals surface area contributed by atoms with E-state index in [1.807, 2.05) is 4.68 Å². The molecule has 1 fully saturated rings. The van der Waals surface area contributed by atoms with Crippen LogP contribution in [0.25, 0.3) is 0 Å². The van der Waals surface area contributed by atoms with Crippen molar-refractivity contribution in [2.24, 2.45) is 4.99 Å². The van der Waals surface area contributed by atoms with Gasteiger partial charge in [0.2, 0.25) is 5.91 Å². The second-order valence-corrected chi connectivity index (χ2v) is 6.71. The summed E-state index contributed by atoms with van der Waals surface area (Å²) in [6.45, 7) is 2.39. The third-order valence-corrected chi connectivity index (χ3v) is 4.54. The number of fused-ring (bicyclic) bond motifs is 1. The number of aromatic nitrogens is 3. The number of nitrogens with one attached hydrogen (secondary N) is 2. The van der Waals surface area contributed by atoms with E-state index in [2.05, 4.69) is 25.7 Å². The van der Waals surface area contributed by atoms with Crippen LogP contribution in [0, 0.1) is 0 Å². The smallest absolute Gasteiger partial charge is 0.243 e. The van der Waals surface area contributed by atoms with E-state index in [4.69, 9.17) is 4.74 Å². The van der Waals surface area contributed by atoms with Crippen LogP contribution in [0.1, 0.15) is 25.1 Å². The lowest BCUT2D eigenvalue weighted by molar-refractivity contribution is -0.127. The summed E-state index contributed by atoms with van der Waals surface area (Å²) in [5.41, 5.74) is 0. The first-order valence-electron chi connectivity index (χ1n) is 8.85. The van der Waals surface area contributed by atoms with Gasteiger partial charge >= 0.3 is 0 Å². The van der Waals surface area contributed by atoms with Gasteiger partial charge in [-0.25, -0.2) is 14.7 Å². The molecule has 1 amide bonds. The van der Waals surface area contributed by atoms with Crippen molar-refractivity contribution in [1.82, 2.24) is 30.3 Å². The minimum atomic E-state index is -0.0274. The van der Waals surface area contributed by atoms with Crippen molar-refractivity contribution in [2.45, 2.75) is 44.4 Å². The van der Waals surface area contributed by atoms with Crippen LogP contribution in [0.5, 0.6) is 0 Å². The topological polar surface area (TPSA) is 96.7 Å². The van der Waals surface area contributed by atoms with Crippen molar-refractivity contribution in [3.63, 3.8) is 0 Å². The molecule has 0 aliphatic carbocycles. The molecule has 146 valence electrons. The molecule has 2 atom stereocenters. The Bertz CT molecular complexity index is 613. The Hall–Kier alpha value is -1.43. The molecule has 2 N–H and O–H groups in total. The minimum Gasteiger partial charge on any atom is -0.376 e. The van der Waals surface area contributed by atoms with Gasteiger partial charge in [0, 0.05) is 39.7 Å². The van der Waals surface area contributed by atoms with Gasteiger partial charge in [-0.3, -0.25) is 4.79 Å². The predicted octanol–water partition coefficient (Wildman–Crippen LogP) is 0.0133. The molecule has 3 rings (SSSR count). The minimum absolute atomic E-state index is 0. The van der Waals surface area contributed by atoms with Crippen LogP contribution in [0.2, 0.25) is 0 Å². The second kappa shape index (κ2) is 10.0. The van der Waals surface area contributed by atoms with Crippen LogP contribution < -0.4 is 10.6 Å². The molecule has 0 bridgehead atoms. The highest BCUT2D eigenvalue weighted by Gasteiger charge is 2.22. The van der Waals surface area contributed by atoms with E-state index in [0.717, 1.165) is 44.7 Å². The molecule has 1 aromatic rings. The number of rotatable bonds is 5. The highest BCUT2D eigenvalue weighted by molar-refractivity contribution is 14.0. The van der Waals surface area contributed by atoms with Crippen LogP contribution in [0.4, 0.5) is 0 Å². The molecule has 10 heteroatoms. The fourth-order valence-electron chi connectivity index (χ4n) is 3.01. The van der Waals surface area contributed by atoms with Gasteiger partial charge in [-0.2, -0.15) is 5.10 Å². The zero-order chi connectivity index (χ0) is 17.6. The van der Waals surface area contributed by atoms with Gasteiger partial charge in [0.1, 0.15) is 18.7 Å². The van der Waals surface area contributed by atoms with Gasteiger partial charge in [-0.15, -0.1) is 24.0 Å². The van der Waals surface area contributed by atoms with Crippen molar-refractivity contribution in [3.05, 3.63) is 12.2 Å². The summed E-state index contributed by atoms with van der Waals surface area (Å²) in [5.74, 6) is 1.64. The summed E-state index contributed by atoms with van der Waals surface area (Å²) in [6.07, 6.45) is 5.81. The highest BCUT2D eigenvalue weighted by Crippen LogP contribution is 2.12. The van der Waals surface area contributed by atoms with Gasteiger partial charge in [-0.05, 0) is 19.3 Å². The van der Waals surface area contributed by atoms with E-state index < -0.39 is 0 Å². The number of halogens is 1. The van der Waals surface area contributed by atoms with Crippen LogP contribution in [0.15, 0.2) is 11.3 Å². The van der Waals surface area contributed by atoms with Gasteiger partial charge in [0.25, 0.3) is 0 Å². The molecule has 0 spiro atoms. The summed E-state index contributed by atoms with van der Waals surface area (Å²) >= 11 is 0. The standard InChI is InChI=1S/C16H27N7O2.HI/c1-22(2)15(24)9-18-16(17-8-13-4-3-7-25-13)21-12-5-6-14-19-11-20-23(14)10-12;/h11-13H,3-10H2,1-2H3,(H2,17,18,21);1H.